The molecule has 0 bridgehead atoms. The number of fused-ring (bicyclic) bond motifs is 1. The van der Waals surface area contributed by atoms with Crippen LogP contribution in [-0.2, 0) is 4.79 Å². The van der Waals surface area contributed by atoms with Crippen molar-refractivity contribution in [1.82, 2.24) is 0 Å². The third kappa shape index (κ3) is 4.07. The van der Waals surface area contributed by atoms with Gasteiger partial charge in [-0.1, -0.05) is 0 Å². The number of anilines is 1. The maximum absolute atomic E-state index is 12.0. The van der Waals surface area contributed by atoms with Crippen LogP contribution in [0.4, 0.5) is 5.69 Å². The fourth-order valence-electron chi connectivity index (χ4n) is 2.22. The highest BCUT2D eigenvalue weighted by Gasteiger charge is 2.13. The smallest absolute Gasteiger partial charge is 0.262 e. The second-order valence-corrected chi connectivity index (χ2v) is 6.35. The predicted octanol–water partition coefficient (Wildman–Crippen LogP) is 3.39. The fraction of sp³-hybridized carbons (Fsp3) is 0.235. The highest BCUT2D eigenvalue weighted by molar-refractivity contribution is 14.1. The molecule has 6 heteroatoms. The van der Waals surface area contributed by atoms with Gasteiger partial charge in [-0.3, -0.25) is 4.79 Å². The van der Waals surface area contributed by atoms with Crippen molar-refractivity contribution in [2.45, 2.75) is 6.92 Å². The number of hydrogen-bond donors (Lipinski definition) is 1. The minimum Gasteiger partial charge on any atom is -0.486 e. The van der Waals surface area contributed by atoms with E-state index in [1.807, 2.05) is 25.1 Å². The van der Waals surface area contributed by atoms with Crippen molar-refractivity contribution in [3.05, 3.63) is 45.5 Å². The van der Waals surface area contributed by atoms with Crippen molar-refractivity contribution < 1.29 is 19.0 Å². The molecule has 2 aromatic rings. The number of nitrogens with one attached hydrogen (secondary N) is 1. The number of carbonyl (C=O) groups is 1. The van der Waals surface area contributed by atoms with E-state index in [1.165, 1.54) is 0 Å². The monoisotopic (exact) mass is 425 g/mol. The second-order valence-electron chi connectivity index (χ2n) is 5.10. The Bertz CT molecular complexity index is 733. The first-order chi connectivity index (χ1) is 11.1. The molecule has 1 aliphatic heterocycles. The minimum atomic E-state index is -0.204. The first-order valence-corrected chi connectivity index (χ1v) is 8.28. The van der Waals surface area contributed by atoms with E-state index in [4.69, 9.17) is 14.2 Å². The van der Waals surface area contributed by atoms with Gasteiger partial charge < -0.3 is 19.5 Å². The summed E-state index contributed by atoms with van der Waals surface area (Å²) in [4.78, 5) is 12.0. The van der Waals surface area contributed by atoms with Crippen molar-refractivity contribution in [3.63, 3.8) is 0 Å². The summed E-state index contributed by atoms with van der Waals surface area (Å²) in [5.74, 6) is 1.71. The highest BCUT2D eigenvalue weighted by Crippen LogP contribution is 2.33. The number of amides is 1. The number of benzene rings is 2. The Morgan fingerprint density at radius 3 is 2.74 bits per heavy atom. The van der Waals surface area contributed by atoms with Crippen LogP contribution in [-0.4, -0.2) is 25.7 Å². The molecule has 1 aliphatic rings. The van der Waals surface area contributed by atoms with Gasteiger partial charge in [-0.25, -0.2) is 0 Å². The van der Waals surface area contributed by atoms with Crippen LogP contribution in [0.25, 0.3) is 0 Å². The van der Waals surface area contributed by atoms with Crippen molar-refractivity contribution in [3.8, 4) is 17.2 Å². The SMILES string of the molecule is Cc1cc(I)ccc1NC(=O)COc1ccc2c(c1)OCCO2. The molecule has 23 heavy (non-hydrogen) atoms. The zero-order valence-electron chi connectivity index (χ0n) is 12.6. The molecule has 3 rings (SSSR count). The number of halogens is 1. The lowest BCUT2D eigenvalue weighted by Gasteiger charge is -2.18. The Labute approximate surface area is 148 Å². The summed E-state index contributed by atoms with van der Waals surface area (Å²) in [6.07, 6.45) is 0. The largest absolute Gasteiger partial charge is 0.486 e. The zero-order valence-corrected chi connectivity index (χ0v) is 14.8. The molecular formula is C17H16INO4. The van der Waals surface area contributed by atoms with E-state index in [0.717, 1.165) is 14.8 Å². The standard InChI is InChI=1S/C17H16INO4/c1-11-8-12(18)2-4-14(11)19-17(20)10-23-13-3-5-15-16(9-13)22-7-6-21-15/h2-5,8-9H,6-7,10H2,1H3,(H,19,20). The summed E-state index contributed by atoms with van der Waals surface area (Å²) < 4.78 is 17.6. The Hall–Kier alpha value is -1.96. The lowest BCUT2D eigenvalue weighted by Crippen LogP contribution is -2.21. The molecule has 0 unspecified atom stereocenters. The third-order valence-corrected chi connectivity index (χ3v) is 4.02. The van der Waals surface area contributed by atoms with Gasteiger partial charge in [0.1, 0.15) is 19.0 Å². The normalized spacial score (nSPS) is 12.6. The van der Waals surface area contributed by atoms with Gasteiger partial charge in [0.05, 0.1) is 0 Å². The Morgan fingerprint density at radius 1 is 1.17 bits per heavy atom. The molecule has 1 heterocycles. The highest BCUT2D eigenvalue weighted by atomic mass is 127. The fourth-order valence-corrected chi connectivity index (χ4v) is 2.86. The first-order valence-electron chi connectivity index (χ1n) is 7.20. The van der Waals surface area contributed by atoms with Gasteiger partial charge in [0, 0.05) is 15.3 Å². The summed E-state index contributed by atoms with van der Waals surface area (Å²) in [5.41, 5.74) is 1.81. The molecule has 5 nitrogen and oxygen atoms in total. The zero-order chi connectivity index (χ0) is 16.2. The van der Waals surface area contributed by atoms with Gasteiger partial charge in [-0.2, -0.15) is 0 Å². The summed E-state index contributed by atoms with van der Waals surface area (Å²) in [6.45, 7) is 2.96. The van der Waals surface area contributed by atoms with Gasteiger partial charge in [-0.15, -0.1) is 0 Å². The number of carbonyl (C=O) groups excluding carboxylic acids is 1. The molecule has 2 aromatic carbocycles. The maximum atomic E-state index is 12.0. The number of ether oxygens (including phenoxy) is 3. The predicted molar refractivity (Wildman–Crippen MR) is 95.5 cm³/mol. The van der Waals surface area contributed by atoms with Gasteiger partial charge in [0.2, 0.25) is 0 Å². The molecule has 0 saturated carbocycles. The van der Waals surface area contributed by atoms with Gasteiger partial charge in [0.15, 0.2) is 18.1 Å². The summed E-state index contributed by atoms with van der Waals surface area (Å²) >= 11 is 2.24. The van der Waals surface area contributed by atoms with E-state index in [9.17, 15) is 4.79 Å². The maximum Gasteiger partial charge on any atom is 0.262 e. The van der Waals surface area contributed by atoms with Crippen LogP contribution in [0, 0.1) is 10.5 Å². The molecule has 0 radical (unpaired) electrons. The van der Waals surface area contributed by atoms with Crippen LogP contribution in [0.3, 0.4) is 0 Å². The van der Waals surface area contributed by atoms with Crippen molar-refractivity contribution in [2.24, 2.45) is 0 Å². The number of aryl methyl sites for hydroxylation is 1. The van der Waals surface area contributed by atoms with Gasteiger partial charge >= 0.3 is 0 Å². The lowest BCUT2D eigenvalue weighted by molar-refractivity contribution is -0.118. The molecule has 0 aliphatic carbocycles. The Balaban J connectivity index is 1.58. The molecule has 0 spiro atoms. The second kappa shape index (κ2) is 7.08. The summed E-state index contributed by atoms with van der Waals surface area (Å²) in [5, 5.41) is 2.85. The quantitative estimate of drug-likeness (QED) is 0.764. The number of hydrogen-bond acceptors (Lipinski definition) is 4. The molecule has 1 N–H and O–H groups in total. The Morgan fingerprint density at radius 2 is 1.96 bits per heavy atom. The molecule has 120 valence electrons. The van der Waals surface area contributed by atoms with Crippen LogP contribution in [0.1, 0.15) is 5.56 Å². The molecule has 0 aromatic heterocycles. The molecule has 1 amide bonds. The van der Waals surface area contributed by atoms with E-state index < -0.39 is 0 Å². The average Bonchev–Trinajstić information content (AvgIpc) is 2.55. The minimum absolute atomic E-state index is 0.0644. The van der Waals surface area contributed by atoms with Crippen molar-refractivity contribution in [2.75, 3.05) is 25.1 Å². The van der Waals surface area contributed by atoms with E-state index in [2.05, 4.69) is 27.9 Å². The van der Waals surface area contributed by atoms with Crippen LogP contribution in [0.5, 0.6) is 17.2 Å². The third-order valence-electron chi connectivity index (χ3n) is 3.35. The van der Waals surface area contributed by atoms with Crippen molar-refractivity contribution >= 4 is 34.2 Å². The molecular weight excluding hydrogens is 409 g/mol. The van der Waals surface area contributed by atoms with E-state index in [-0.39, 0.29) is 12.5 Å². The van der Waals surface area contributed by atoms with Crippen LogP contribution in [0.15, 0.2) is 36.4 Å². The van der Waals surface area contributed by atoms with Gasteiger partial charge in [-0.05, 0) is 65.4 Å². The van der Waals surface area contributed by atoms with Crippen LogP contribution < -0.4 is 19.5 Å². The van der Waals surface area contributed by atoms with Gasteiger partial charge in [0.25, 0.3) is 5.91 Å². The topological polar surface area (TPSA) is 56.8 Å². The van der Waals surface area contributed by atoms with Crippen LogP contribution >= 0.6 is 22.6 Å². The van der Waals surface area contributed by atoms with Crippen LogP contribution in [0.2, 0.25) is 0 Å². The van der Waals surface area contributed by atoms with E-state index in [1.54, 1.807) is 18.2 Å². The molecule has 0 saturated heterocycles. The van der Waals surface area contributed by atoms with E-state index >= 15 is 0 Å². The average molecular weight is 425 g/mol. The summed E-state index contributed by atoms with van der Waals surface area (Å²) in [6, 6.07) is 11.1. The summed E-state index contributed by atoms with van der Waals surface area (Å²) in [7, 11) is 0. The Kier molecular flexibility index (Phi) is 4.90. The molecule has 0 atom stereocenters. The number of rotatable bonds is 4. The first kappa shape index (κ1) is 15.9. The molecule has 0 fully saturated rings. The van der Waals surface area contributed by atoms with Crippen molar-refractivity contribution in [1.29, 1.82) is 0 Å². The van der Waals surface area contributed by atoms with E-state index in [0.29, 0.717) is 30.5 Å². The lowest BCUT2D eigenvalue weighted by atomic mass is 10.2.